The SMILES string of the molecule is Cc1ccncc1C(=O)C1(N)CC1. The Hall–Kier alpha value is -1.22. The lowest BCUT2D eigenvalue weighted by atomic mass is 10.0. The van der Waals surface area contributed by atoms with Gasteiger partial charge in [0.1, 0.15) is 0 Å². The van der Waals surface area contributed by atoms with Crippen molar-refractivity contribution < 1.29 is 4.79 Å². The number of pyridine rings is 1. The van der Waals surface area contributed by atoms with E-state index in [1.54, 1.807) is 12.4 Å². The van der Waals surface area contributed by atoms with Gasteiger partial charge in [-0.15, -0.1) is 0 Å². The minimum absolute atomic E-state index is 0.0399. The molecule has 3 heteroatoms. The van der Waals surface area contributed by atoms with Gasteiger partial charge in [0.15, 0.2) is 5.78 Å². The van der Waals surface area contributed by atoms with E-state index in [-0.39, 0.29) is 5.78 Å². The monoisotopic (exact) mass is 176 g/mol. The summed E-state index contributed by atoms with van der Waals surface area (Å²) in [6.45, 7) is 1.90. The molecular formula is C10H12N2O. The van der Waals surface area contributed by atoms with Gasteiger partial charge in [-0.25, -0.2) is 0 Å². The summed E-state index contributed by atoms with van der Waals surface area (Å²) in [4.78, 5) is 15.7. The molecule has 0 amide bonds. The van der Waals surface area contributed by atoms with Crippen molar-refractivity contribution >= 4 is 5.78 Å². The molecule has 0 aliphatic heterocycles. The Morgan fingerprint density at radius 3 is 2.85 bits per heavy atom. The maximum absolute atomic E-state index is 11.8. The van der Waals surface area contributed by atoms with Crippen LogP contribution in [0.5, 0.6) is 0 Å². The summed E-state index contributed by atoms with van der Waals surface area (Å²) < 4.78 is 0. The Labute approximate surface area is 77.0 Å². The van der Waals surface area contributed by atoms with Gasteiger partial charge < -0.3 is 5.73 Å². The van der Waals surface area contributed by atoms with Crippen LogP contribution in [0.2, 0.25) is 0 Å². The number of ketones is 1. The Bertz CT molecular complexity index is 356. The minimum Gasteiger partial charge on any atom is -0.319 e. The normalized spacial score (nSPS) is 18.3. The van der Waals surface area contributed by atoms with E-state index in [2.05, 4.69) is 4.98 Å². The standard InChI is InChI=1S/C10H12N2O/c1-7-2-5-12-6-8(7)9(13)10(11)3-4-10/h2,5-6H,3-4,11H2,1H3. The number of aryl methyl sites for hydroxylation is 1. The topological polar surface area (TPSA) is 56.0 Å². The second-order valence-corrected chi connectivity index (χ2v) is 3.68. The highest BCUT2D eigenvalue weighted by molar-refractivity contribution is 6.05. The Morgan fingerprint density at radius 1 is 1.62 bits per heavy atom. The molecule has 0 saturated heterocycles. The first-order valence-corrected chi connectivity index (χ1v) is 4.38. The molecule has 0 spiro atoms. The third-order valence-corrected chi connectivity index (χ3v) is 2.52. The molecule has 1 aliphatic carbocycles. The summed E-state index contributed by atoms with van der Waals surface area (Å²) in [6, 6.07) is 1.83. The number of nitrogens with zero attached hydrogens (tertiary/aromatic N) is 1. The predicted octanol–water partition coefficient (Wildman–Crippen LogP) is 1.06. The molecule has 0 radical (unpaired) electrons. The van der Waals surface area contributed by atoms with E-state index in [0.717, 1.165) is 18.4 Å². The molecule has 0 atom stereocenters. The van der Waals surface area contributed by atoms with Crippen molar-refractivity contribution in [3.63, 3.8) is 0 Å². The molecule has 1 aromatic rings. The molecule has 1 heterocycles. The van der Waals surface area contributed by atoms with Crippen molar-refractivity contribution in [3.8, 4) is 0 Å². The molecule has 0 unspecified atom stereocenters. The first kappa shape index (κ1) is 8.38. The number of Topliss-reactive ketones (excluding diaryl/α,β-unsaturated/α-hetero) is 1. The zero-order valence-electron chi connectivity index (χ0n) is 7.58. The second kappa shape index (κ2) is 2.64. The van der Waals surface area contributed by atoms with E-state index in [1.807, 2.05) is 13.0 Å². The molecule has 3 nitrogen and oxygen atoms in total. The zero-order chi connectivity index (χ0) is 9.47. The summed E-state index contributed by atoms with van der Waals surface area (Å²) in [7, 11) is 0. The number of carbonyl (C=O) groups excluding carboxylic acids is 1. The van der Waals surface area contributed by atoms with E-state index in [0.29, 0.717) is 5.56 Å². The van der Waals surface area contributed by atoms with Crippen LogP contribution in [-0.4, -0.2) is 16.3 Å². The van der Waals surface area contributed by atoms with Gasteiger partial charge in [0.2, 0.25) is 0 Å². The van der Waals surface area contributed by atoms with Gasteiger partial charge in [-0.2, -0.15) is 0 Å². The van der Waals surface area contributed by atoms with E-state index >= 15 is 0 Å². The second-order valence-electron chi connectivity index (χ2n) is 3.68. The van der Waals surface area contributed by atoms with Crippen LogP contribution in [0.25, 0.3) is 0 Å². The van der Waals surface area contributed by atoms with Gasteiger partial charge in [-0.1, -0.05) is 0 Å². The fourth-order valence-electron chi connectivity index (χ4n) is 1.33. The first-order chi connectivity index (χ1) is 6.13. The summed E-state index contributed by atoms with van der Waals surface area (Å²) in [5, 5.41) is 0. The third kappa shape index (κ3) is 1.35. The predicted molar refractivity (Wildman–Crippen MR) is 49.5 cm³/mol. The first-order valence-electron chi connectivity index (χ1n) is 4.38. The van der Waals surface area contributed by atoms with Gasteiger partial charge in [-0.05, 0) is 31.4 Å². The fraction of sp³-hybridized carbons (Fsp3) is 0.400. The van der Waals surface area contributed by atoms with E-state index in [4.69, 9.17) is 5.73 Å². The molecule has 0 bridgehead atoms. The molecule has 1 aliphatic rings. The van der Waals surface area contributed by atoms with Crippen molar-refractivity contribution in [3.05, 3.63) is 29.6 Å². The molecule has 13 heavy (non-hydrogen) atoms. The number of nitrogens with two attached hydrogens (primary N) is 1. The van der Waals surface area contributed by atoms with Gasteiger partial charge in [0.05, 0.1) is 5.54 Å². The van der Waals surface area contributed by atoms with Crippen LogP contribution >= 0.6 is 0 Å². The van der Waals surface area contributed by atoms with Crippen LogP contribution in [0.1, 0.15) is 28.8 Å². The highest BCUT2D eigenvalue weighted by Gasteiger charge is 2.46. The van der Waals surface area contributed by atoms with Crippen LogP contribution in [0.3, 0.4) is 0 Å². The minimum atomic E-state index is -0.576. The average molecular weight is 176 g/mol. The van der Waals surface area contributed by atoms with Crippen LogP contribution in [-0.2, 0) is 0 Å². The lowest BCUT2D eigenvalue weighted by Crippen LogP contribution is -2.33. The largest absolute Gasteiger partial charge is 0.319 e. The zero-order valence-corrected chi connectivity index (χ0v) is 7.58. The number of rotatable bonds is 2. The van der Waals surface area contributed by atoms with Crippen molar-refractivity contribution in [2.75, 3.05) is 0 Å². The fourth-order valence-corrected chi connectivity index (χ4v) is 1.33. The van der Waals surface area contributed by atoms with Crippen molar-refractivity contribution in [1.82, 2.24) is 4.98 Å². The number of aromatic nitrogens is 1. The van der Waals surface area contributed by atoms with Crippen LogP contribution in [0.15, 0.2) is 18.5 Å². The highest BCUT2D eigenvalue weighted by Crippen LogP contribution is 2.35. The third-order valence-electron chi connectivity index (χ3n) is 2.52. The lowest BCUT2D eigenvalue weighted by molar-refractivity contribution is 0.0948. The highest BCUT2D eigenvalue weighted by atomic mass is 16.1. The van der Waals surface area contributed by atoms with Crippen molar-refractivity contribution in [2.45, 2.75) is 25.3 Å². The molecule has 1 saturated carbocycles. The van der Waals surface area contributed by atoms with Gasteiger partial charge in [0, 0.05) is 18.0 Å². The van der Waals surface area contributed by atoms with Crippen molar-refractivity contribution in [2.24, 2.45) is 5.73 Å². The number of hydrogen-bond acceptors (Lipinski definition) is 3. The summed E-state index contributed by atoms with van der Waals surface area (Å²) in [5.41, 5.74) is 6.86. The summed E-state index contributed by atoms with van der Waals surface area (Å²) >= 11 is 0. The Morgan fingerprint density at radius 2 is 2.31 bits per heavy atom. The molecule has 2 N–H and O–H groups in total. The smallest absolute Gasteiger partial charge is 0.184 e. The number of carbonyl (C=O) groups is 1. The molecule has 0 aromatic carbocycles. The van der Waals surface area contributed by atoms with Gasteiger partial charge >= 0.3 is 0 Å². The van der Waals surface area contributed by atoms with E-state index < -0.39 is 5.54 Å². The quantitative estimate of drug-likeness (QED) is 0.685. The molecule has 68 valence electrons. The molecule has 1 fully saturated rings. The summed E-state index contributed by atoms with van der Waals surface area (Å²) in [6.07, 6.45) is 4.90. The van der Waals surface area contributed by atoms with E-state index in [1.165, 1.54) is 0 Å². The molecule has 2 rings (SSSR count). The van der Waals surface area contributed by atoms with Crippen LogP contribution in [0, 0.1) is 6.92 Å². The average Bonchev–Trinajstić information content (AvgIpc) is 2.85. The summed E-state index contributed by atoms with van der Waals surface area (Å²) in [5.74, 6) is 0.0399. The Kier molecular flexibility index (Phi) is 1.70. The van der Waals surface area contributed by atoms with Crippen LogP contribution in [0.4, 0.5) is 0 Å². The Balaban J connectivity index is 2.36. The number of hydrogen-bond donors (Lipinski definition) is 1. The lowest BCUT2D eigenvalue weighted by Gasteiger charge is -2.08. The van der Waals surface area contributed by atoms with Gasteiger partial charge in [-0.3, -0.25) is 9.78 Å². The van der Waals surface area contributed by atoms with Crippen molar-refractivity contribution in [1.29, 1.82) is 0 Å². The van der Waals surface area contributed by atoms with E-state index in [9.17, 15) is 4.79 Å². The molecule has 1 aromatic heterocycles. The maximum Gasteiger partial charge on any atom is 0.184 e. The molecular weight excluding hydrogens is 164 g/mol. The van der Waals surface area contributed by atoms with Gasteiger partial charge in [0.25, 0.3) is 0 Å². The van der Waals surface area contributed by atoms with Crippen LogP contribution < -0.4 is 5.73 Å². The maximum atomic E-state index is 11.8.